The molecule has 0 radical (unpaired) electrons. The number of rotatable bonds is 3. The highest BCUT2D eigenvalue weighted by atomic mass is 15.1. The highest BCUT2D eigenvalue weighted by Gasteiger charge is 2.73. The third kappa shape index (κ3) is 2.36. The summed E-state index contributed by atoms with van der Waals surface area (Å²) in [6, 6.07) is 12.0. The molecule has 1 saturated heterocycles. The average Bonchev–Trinajstić information content (AvgIpc) is 2.55. The van der Waals surface area contributed by atoms with Crippen molar-refractivity contribution in [2.75, 3.05) is 19.6 Å². The zero-order valence-corrected chi connectivity index (χ0v) is 16.0. The van der Waals surface area contributed by atoms with E-state index in [4.69, 9.17) is 5.73 Å². The standard InChI is InChI=1S/C23H34N2/c1-21(16-25-10-8-19(24)9-11-25)12-17-13-22(2)15-23(14-21,20(17)22)18-6-4-3-5-7-18/h3-7,17,19-20H,8-16,24H2,1-2H3/t17?,20?,21?,22-,23-/m1/s1. The van der Waals surface area contributed by atoms with Crippen LogP contribution in [-0.2, 0) is 5.41 Å². The maximum absolute atomic E-state index is 6.13. The van der Waals surface area contributed by atoms with Crippen molar-refractivity contribution in [1.82, 2.24) is 4.90 Å². The van der Waals surface area contributed by atoms with Gasteiger partial charge in [0.2, 0.25) is 0 Å². The van der Waals surface area contributed by atoms with Gasteiger partial charge in [0.15, 0.2) is 0 Å². The van der Waals surface area contributed by atoms with Crippen LogP contribution in [0.15, 0.2) is 30.3 Å². The first kappa shape index (κ1) is 16.3. The third-order valence-corrected chi connectivity index (χ3v) is 8.35. The Labute approximate surface area is 153 Å². The van der Waals surface area contributed by atoms with Crippen LogP contribution in [0.4, 0.5) is 0 Å². The summed E-state index contributed by atoms with van der Waals surface area (Å²) in [5, 5.41) is 0. The molecule has 1 aliphatic heterocycles. The van der Waals surface area contributed by atoms with Crippen LogP contribution in [0.1, 0.15) is 57.9 Å². The third-order valence-electron chi connectivity index (χ3n) is 8.35. The van der Waals surface area contributed by atoms with Gasteiger partial charge in [0.05, 0.1) is 0 Å². The number of piperidine rings is 1. The van der Waals surface area contributed by atoms with Gasteiger partial charge in [-0.2, -0.15) is 0 Å². The fourth-order valence-corrected chi connectivity index (χ4v) is 8.01. The molecule has 0 bridgehead atoms. The minimum Gasteiger partial charge on any atom is -0.328 e. The largest absolute Gasteiger partial charge is 0.328 e. The minimum absolute atomic E-state index is 0.439. The second kappa shape index (κ2) is 5.33. The average molecular weight is 339 g/mol. The van der Waals surface area contributed by atoms with Crippen LogP contribution in [0.3, 0.4) is 0 Å². The van der Waals surface area contributed by atoms with Gasteiger partial charge in [-0.15, -0.1) is 0 Å². The number of nitrogens with zero attached hydrogens (tertiary/aromatic N) is 1. The smallest absolute Gasteiger partial charge is 0.00631 e. The van der Waals surface area contributed by atoms with E-state index in [1.165, 1.54) is 58.2 Å². The SMILES string of the molecule is CC1(CN2CCC(N)CC2)CC2C[C@]3(C)C[C@@](c4ccccc4)(C1)C23. The lowest BCUT2D eigenvalue weighted by atomic mass is 9.27. The summed E-state index contributed by atoms with van der Waals surface area (Å²) < 4.78 is 0. The Morgan fingerprint density at radius 2 is 1.76 bits per heavy atom. The van der Waals surface area contributed by atoms with E-state index in [0.717, 1.165) is 11.8 Å². The van der Waals surface area contributed by atoms with E-state index in [9.17, 15) is 0 Å². The molecule has 2 N–H and O–H groups in total. The van der Waals surface area contributed by atoms with Gasteiger partial charge in [-0.1, -0.05) is 44.2 Å². The van der Waals surface area contributed by atoms with Gasteiger partial charge in [-0.05, 0) is 79.8 Å². The van der Waals surface area contributed by atoms with Crippen LogP contribution < -0.4 is 5.73 Å². The van der Waals surface area contributed by atoms with E-state index in [-0.39, 0.29) is 0 Å². The Morgan fingerprint density at radius 3 is 2.44 bits per heavy atom. The molecule has 4 aliphatic rings. The normalized spacial score (nSPS) is 46.8. The fourth-order valence-electron chi connectivity index (χ4n) is 8.01. The maximum atomic E-state index is 6.13. The Kier molecular flexibility index (Phi) is 3.48. The first-order valence-electron chi connectivity index (χ1n) is 10.5. The van der Waals surface area contributed by atoms with Crippen molar-refractivity contribution < 1.29 is 0 Å². The zero-order chi connectivity index (χ0) is 17.3. The van der Waals surface area contributed by atoms with Gasteiger partial charge in [0.25, 0.3) is 0 Å². The summed E-state index contributed by atoms with van der Waals surface area (Å²) in [5.41, 5.74) is 9.35. The molecule has 2 heteroatoms. The summed E-state index contributed by atoms with van der Waals surface area (Å²) in [5.74, 6) is 1.91. The summed E-state index contributed by atoms with van der Waals surface area (Å²) in [6.07, 6.45) is 8.11. The Balaban J connectivity index is 1.40. The van der Waals surface area contributed by atoms with Crippen LogP contribution in [0.5, 0.6) is 0 Å². The minimum atomic E-state index is 0.439. The number of benzene rings is 1. The Bertz CT molecular complexity index is 649. The number of nitrogens with two attached hydrogens (primary N) is 1. The molecule has 0 spiro atoms. The van der Waals surface area contributed by atoms with Gasteiger partial charge >= 0.3 is 0 Å². The molecule has 1 aromatic rings. The predicted molar refractivity (Wildman–Crippen MR) is 103 cm³/mol. The van der Waals surface area contributed by atoms with Crippen molar-refractivity contribution in [3.8, 4) is 0 Å². The molecule has 5 atom stereocenters. The molecule has 5 rings (SSSR count). The predicted octanol–water partition coefficient (Wildman–Crippen LogP) is 4.19. The fraction of sp³-hybridized carbons (Fsp3) is 0.739. The Morgan fingerprint density at radius 1 is 1.04 bits per heavy atom. The highest BCUT2D eigenvalue weighted by molar-refractivity contribution is 5.38. The van der Waals surface area contributed by atoms with Crippen LogP contribution >= 0.6 is 0 Å². The second-order valence-corrected chi connectivity index (χ2v) is 10.6. The number of likely N-dealkylation sites (tertiary alicyclic amines) is 1. The molecule has 3 aliphatic carbocycles. The van der Waals surface area contributed by atoms with Crippen molar-refractivity contribution in [2.45, 2.75) is 63.8 Å². The summed E-state index contributed by atoms with van der Waals surface area (Å²) >= 11 is 0. The zero-order valence-electron chi connectivity index (χ0n) is 16.0. The van der Waals surface area contributed by atoms with Crippen molar-refractivity contribution >= 4 is 0 Å². The van der Waals surface area contributed by atoms with Gasteiger partial charge in [-0.3, -0.25) is 0 Å². The molecule has 2 nitrogen and oxygen atoms in total. The molecular weight excluding hydrogens is 304 g/mol. The van der Waals surface area contributed by atoms with Gasteiger partial charge < -0.3 is 10.6 Å². The second-order valence-electron chi connectivity index (χ2n) is 10.6. The molecular formula is C23H34N2. The maximum Gasteiger partial charge on any atom is 0.00631 e. The molecule has 1 heterocycles. The molecule has 4 fully saturated rings. The topological polar surface area (TPSA) is 29.3 Å². The molecule has 3 saturated carbocycles. The van der Waals surface area contributed by atoms with Gasteiger partial charge in [-0.25, -0.2) is 0 Å². The molecule has 0 amide bonds. The number of hydrogen-bond acceptors (Lipinski definition) is 2. The molecule has 25 heavy (non-hydrogen) atoms. The first-order chi connectivity index (χ1) is 11.9. The monoisotopic (exact) mass is 338 g/mol. The van der Waals surface area contributed by atoms with Crippen molar-refractivity contribution in [3.05, 3.63) is 35.9 Å². The van der Waals surface area contributed by atoms with E-state index in [1.807, 2.05) is 0 Å². The quantitative estimate of drug-likeness (QED) is 0.895. The molecule has 1 aromatic carbocycles. The van der Waals surface area contributed by atoms with E-state index >= 15 is 0 Å². The molecule has 0 aromatic heterocycles. The van der Waals surface area contributed by atoms with Gasteiger partial charge in [0.1, 0.15) is 0 Å². The molecule has 136 valence electrons. The van der Waals surface area contributed by atoms with Crippen molar-refractivity contribution in [1.29, 1.82) is 0 Å². The van der Waals surface area contributed by atoms with Gasteiger partial charge in [0, 0.05) is 18.0 Å². The lowest BCUT2D eigenvalue weighted by Gasteiger charge is -2.77. The summed E-state index contributed by atoms with van der Waals surface area (Å²) in [6.45, 7) is 8.86. The summed E-state index contributed by atoms with van der Waals surface area (Å²) in [7, 11) is 0. The Hall–Kier alpha value is -0.860. The van der Waals surface area contributed by atoms with Crippen molar-refractivity contribution in [2.24, 2.45) is 28.4 Å². The van der Waals surface area contributed by atoms with Crippen LogP contribution in [0.2, 0.25) is 0 Å². The van der Waals surface area contributed by atoms with E-state index in [0.29, 0.717) is 22.3 Å². The first-order valence-corrected chi connectivity index (χ1v) is 10.5. The highest BCUT2D eigenvalue weighted by Crippen LogP contribution is 2.79. The van der Waals surface area contributed by atoms with E-state index < -0.39 is 0 Å². The van der Waals surface area contributed by atoms with Crippen LogP contribution in [0.25, 0.3) is 0 Å². The number of hydrogen-bond donors (Lipinski definition) is 1. The van der Waals surface area contributed by atoms with Crippen LogP contribution in [-0.4, -0.2) is 30.6 Å². The van der Waals surface area contributed by atoms with Crippen LogP contribution in [0, 0.1) is 22.7 Å². The van der Waals surface area contributed by atoms with E-state index in [2.05, 4.69) is 49.1 Å². The van der Waals surface area contributed by atoms with Crippen molar-refractivity contribution in [3.63, 3.8) is 0 Å². The molecule has 3 unspecified atom stereocenters. The summed E-state index contributed by atoms with van der Waals surface area (Å²) in [4.78, 5) is 2.72. The van der Waals surface area contributed by atoms with E-state index in [1.54, 1.807) is 5.56 Å². The lowest BCUT2D eigenvalue weighted by molar-refractivity contribution is -0.245. The lowest BCUT2D eigenvalue weighted by Crippen LogP contribution is -2.72.